The summed E-state index contributed by atoms with van der Waals surface area (Å²) < 4.78 is 5.76. The SMILES string of the molecule is O=C1CCC(c2ccc(COCc3ccccc3)cc2)CC1. The number of hydrogen-bond acceptors (Lipinski definition) is 2. The molecule has 3 rings (SSSR count). The Morgan fingerprint density at radius 2 is 1.41 bits per heavy atom. The minimum atomic E-state index is 0.419. The van der Waals surface area contributed by atoms with E-state index in [4.69, 9.17) is 4.74 Å². The van der Waals surface area contributed by atoms with Gasteiger partial charge in [-0.3, -0.25) is 4.79 Å². The van der Waals surface area contributed by atoms with Crippen molar-refractivity contribution < 1.29 is 9.53 Å². The van der Waals surface area contributed by atoms with Gasteiger partial charge < -0.3 is 4.74 Å². The van der Waals surface area contributed by atoms with Gasteiger partial charge in [0.2, 0.25) is 0 Å². The Morgan fingerprint density at radius 1 is 0.818 bits per heavy atom. The van der Waals surface area contributed by atoms with Crippen LogP contribution in [0, 0.1) is 0 Å². The fraction of sp³-hybridized carbons (Fsp3) is 0.350. The highest BCUT2D eigenvalue weighted by atomic mass is 16.5. The van der Waals surface area contributed by atoms with Gasteiger partial charge in [-0.1, -0.05) is 54.6 Å². The van der Waals surface area contributed by atoms with Crippen LogP contribution in [-0.4, -0.2) is 5.78 Å². The first-order chi connectivity index (χ1) is 10.8. The number of benzene rings is 2. The normalized spacial score (nSPS) is 15.9. The highest BCUT2D eigenvalue weighted by molar-refractivity contribution is 5.79. The number of hydrogen-bond donors (Lipinski definition) is 0. The van der Waals surface area contributed by atoms with Crippen molar-refractivity contribution in [3.8, 4) is 0 Å². The molecule has 2 heteroatoms. The van der Waals surface area contributed by atoms with Crippen LogP contribution in [0.25, 0.3) is 0 Å². The van der Waals surface area contributed by atoms with Crippen LogP contribution in [0.4, 0.5) is 0 Å². The molecule has 0 bridgehead atoms. The fourth-order valence-electron chi connectivity index (χ4n) is 3.02. The Morgan fingerprint density at radius 3 is 2.05 bits per heavy atom. The molecule has 22 heavy (non-hydrogen) atoms. The van der Waals surface area contributed by atoms with Crippen molar-refractivity contribution in [1.82, 2.24) is 0 Å². The second-order valence-corrected chi connectivity index (χ2v) is 6.03. The summed E-state index contributed by atoms with van der Waals surface area (Å²) in [4.78, 5) is 11.3. The van der Waals surface area contributed by atoms with Gasteiger partial charge in [-0.2, -0.15) is 0 Å². The number of ether oxygens (including phenoxy) is 1. The van der Waals surface area contributed by atoms with Gasteiger partial charge in [-0.25, -0.2) is 0 Å². The smallest absolute Gasteiger partial charge is 0.132 e. The van der Waals surface area contributed by atoms with E-state index < -0.39 is 0 Å². The zero-order valence-corrected chi connectivity index (χ0v) is 12.8. The average molecular weight is 294 g/mol. The van der Waals surface area contributed by atoms with Gasteiger partial charge in [-0.05, 0) is 35.4 Å². The van der Waals surface area contributed by atoms with Crippen molar-refractivity contribution in [1.29, 1.82) is 0 Å². The van der Waals surface area contributed by atoms with Crippen molar-refractivity contribution in [3.63, 3.8) is 0 Å². The standard InChI is InChI=1S/C20H22O2/c21-20-12-10-19(11-13-20)18-8-6-17(7-9-18)15-22-14-16-4-2-1-3-5-16/h1-9,19H,10-15H2. The van der Waals surface area contributed by atoms with Crippen LogP contribution in [0.15, 0.2) is 54.6 Å². The predicted octanol–water partition coefficient (Wildman–Crippen LogP) is 4.63. The molecule has 0 radical (unpaired) electrons. The van der Waals surface area contributed by atoms with E-state index in [1.165, 1.54) is 16.7 Å². The first-order valence-corrected chi connectivity index (χ1v) is 8.03. The number of rotatable bonds is 5. The molecule has 0 unspecified atom stereocenters. The maximum absolute atomic E-state index is 11.3. The van der Waals surface area contributed by atoms with E-state index in [2.05, 4.69) is 36.4 Å². The zero-order valence-electron chi connectivity index (χ0n) is 12.8. The van der Waals surface area contributed by atoms with Gasteiger partial charge in [-0.15, -0.1) is 0 Å². The molecule has 2 nitrogen and oxygen atoms in total. The number of Topliss-reactive ketones (excluding diaryl/α,β-unsaturated/α-hetero) is 1. The molecule has 0 spiro atoms. The molecule has 2 aromatic carbocycles. The summed E-state index contributed by atoms with van der Waals surface area (Å²) in [5.74, 6) is 0.971. The molecule has 2 aromatic rings. The Kier molecular flexibility index (Phi) is 5.02. The van der Waals surface area contributed by atoms with Gasteiger partial charge in [0.15, 0.2) is 0 Å². The second-order valence-electron chi connectivity index (χ2n) is 6.03. The van der Waals surface area contributed by atoms with Crippen LogP contribution in [0.1, 0.15) is 48.3 Å². The van der Waals surface area contributed by atoms with Gasteiger partial charge in [0.1, 0.15) is 5.78 Å². The molecule has 0 N–H and O–H groups in total. The molecular formula is C20H22O2. The Balaban J connectivity index is 1.50. The number of carbonyl (C=O) groups is 1. The van der Waals surface area contributed by atoms with E-state index >= 15 is 0 Å². The molecule has 0 heterocycles. The van der Waals surface area contributed by atoms with Gasteiger partial charge in [0.25, 0.3) is 0 Å². The molecular weight excluding hydrogens is 272 g/mol. The molecule has 1 aliphatic rings. The van der Waals surface area contributed by atoms with Crippen LogP contribution in [0.2, 0.25) is 0 Å². The fourth-order valence-corrected chi connectivity index (χ4v) is 3.02. The Hall–Kier alpha value is -1.93. The van der Waals surface area contributed by atoms with Crippen molar-refractivity contribution in [2.75, 3.05) is 0 Å². The average Bonchev–Trinajstić information content (AvgIpc) is 2.57. The van der Waals surface area contributed by atoms with E-state index in [-0.39, 0.29) is 0 Å². The quantitative estimate of drug-likeness (QED) is 0.803. The molecule has 1 fully saturated rings. The highest BCUT2D eigenvalue weighted by Gasteiger charge is 2.19. The van der Waals surface area contributed by atoms with Crippen molar-refractivity contribution >= 4 is 5.78 Å². The van der Waals surface area contributed by atoms with Gasteiger partial charge in [0.05, 0.1) is 13.2 Å². The first kappa shape index (κ1) is 15.0. The molecule has 0 atom stereocenters. The lowest BCUT2D eigenvalue weighted by Gasteiger charge is -2.21. The topological polar surface area (TPSA) is 26.3 Å². The lowest BCUT2D eigenvalue weighted by molar-refractivity contribution is -0.120. The lowest BCUT2D eigenvalue weighted by Crippen LogP contribution is -2.12. The summed E-state index contributed by atoms with van der Waals surface area (Å²) in [7, 11) is 0. The largest absolute Gasteiger partial charge is 0.372 e. The first-order valence-electron chi connectivity index (χ1n) is 8.03. The van der Waals surface area contributed by atoms with E-state index in [9.17, 15) is 4.79 Å². The summed E-state index contributed by atoms with van der Waals surface area (Å²) in [6.45, 7) is 1.28. The lowest BCUT2D eigenvalue weighted by atomic mass is 9.83. The third-order valence-corrected chi connectivity index (χ3v) is 4.37. The van der Waals surface area contributed by atoms with Crippen LogP contribution >= 0.6 is 0 Å². The third kappa shape index (κ3) is 4.05. The molecule has 1 aliphatic carbocycles. The monoisotopic (exact) mass is 294 g/mol. The molecule has 0 aliphatic heterocycles. The third-order valence-electron chi connectivity index (χ3n) is 4.37. The highest BCUT2D eigenvalue weighted by Crippen LogP contribution is 2.31. The molecule has 1 saturated carbocycles. The van der Waals surface area contributed by atoms with Crippen LogP contribution < -0.4 is 0 Å². The maximum Gasteiger partial charge on any atom is 0.132 e. The summed E-state index contributed by atoms with van der Waals surface area (Å²) in [6, 6.07) is 18.9. The summed E-state index contributed by atoms with van der Waals surface area (Å²) >= 11 is 0. The predicted molar refractivity (Wildman–Crippen MR) is 87.6 cm³/mol. The molecule has 0 saturated heterocycles. The second kappa shape index (κ2) is 7.37. The Labute approximate surface area is 132 Å². The Bertz CT molecular complexity index is 591. The van der Waals surface area contributed by atoms with E-state index in [1.807, 2.05) is 18.2 Å². The summed E-state index contributed by atoms with van der Waals surface area (Å²) in [6.07, 6.45) is 3.49. The van der Waals surface area contributed by atoms with Gasteiger partial charge in [0, 0.05) is 12.8 Å². The maximum atomic E-state index is 11.3. The minimum absolute atomic E-state index is 0.419. The number of ketones is 1. The van der Waals surface area contributed by atoms with Crippen molar-refractivity contribution in [2.24, 2.45) is 0 Å². The summed E-state index contributed by atoms with van der Waals surface area (Å²) in [5.41, 5.74) is 3.76. The van der Waals surface area contributed by atoms with Crippen molar-refractivity contribution in [2.45, 2.75) is 44.8 Å². The van der Waals surface area contributed by atoms with Crippen LogP contribution in [0.5, 0.6) is 0 Å². The van der Waals surface area contributed by atoms with Crippen LogP contribution in [-0.2, 0) is 22.7 Å². The van der Waals surface area contributed by atoms with E-state index in [0.29, 0.717) is 24.9 Å². The van der Waals surface area contributed by atoms with E-state index in [1.54, 1.807) is 0 Å². The van der Waals surface area contributed by atoms with Gasteiger partial charge >= 0.3 is 0 Å². The number of carbonyl (C=O) groups excluding carboxylic acids is 1. The minimum Gasteiger partial charge on any atom is -0.372 e. The molecule has 0 amide bonds. The van der Waals surface area contributed by atoms with Crippen LogP contribution in [0.3, 0.4) is 0 Å². The molecule has 114 valence electrons. The summed E-state index contributed by atoms with van der Waals surface area (Å²) in [5, 5.41) is 0. The van der Waals surface area contributed by atoms with Crippen molar-refractivity contribution in [3.05, 3.63) is 71.3 Å². The van der Waals surface area contributed by atoms with E-state index in [0.717, 1.165) is 25.7 Å². The molecule has 0 aromatic heterocycles. The zero-order chi connectivity index (χ0) is 15.2.